The first kappa shape index (κ1) is 19.2. The van der Waals surface area contributed by atoms with Gasteiger partial charge in [-0.2, -0.15) is 0 Å². The van der Waals surface area contributed by atoms with Gasteiger partial charge in [-0.25, -0.2) is 26.9 Å². The lowest BCUT2D eigenvalue weighted by molar-refractivity contribution is 0.557. The van der Waals surface area contributed by atoms with E-state index in [1.165, 1.54) is 48.3 Å². The van der Waals surface area contributed by atoms with Gasteiger partial charge in [-0.1, -0.05) is 12.1 Å². The van der Waals surface area contributed by atoms with Crippen molar-refractivity contribution < 1.29 is 17.2 Å². The minimum atomic E-state index is -3.65. The summed E-state index contributed by atoms with van der Waals surface area (Å²) in [5.74, 6) is -0.992. The van der Waals surface area contributed by atoms with Crippen molar-refractivity contribution in [1.29, 1.82) is 0 Å². The molecule has 3 N–H and O–H groups in total. The Balaban J connectivity index is 2.15. The van der Waals surface area contributed by atoms with Crippen LogP contribution >= 0.6 is 0 Å². The third-order valence-electron chi connectivity index (χ3n) is 4.08. The molecule has 0 radical (unpaired) electrons. The molecule has 0 unspecified atom stereocenters. The fourth-order valence-corrected chi connectivity index (χ4v) is 3.55. The number of fused-ring (bicyclic) bond motifs is 1. The molecule has 0 spiro atoms. The first-order valence-electron chi connectivity index (χ1n) is 8.08. The standard InChI is InChI=1S/C18H18F2N4O2S/c1-22-27(25,26)15-4-2-3-12(7-15)16-8-14(20)9-17-18(16)23-11-24(17)10-13(19)5-6-21/h2-5,7-9,11,22H,6,10,21H2,1H3. The molecule has 0 atom stereocenters. The van der Waals surface area contributed by atoms with Crippen LogP contribution in [-0.2, 0) is 16.6 Å². The molecule has 142 valence electrons. The van der Waals surface area contributed by atoms with Crippen LogP contribution in [0.25, 0.3) is 22.2 Å². The van der Waals surface area contributed by atoms with Gasteiger partial charge in [0.1, 0.15) is 11.6 Å². The number of sulfonamides is 1. The van der Waals surface area contributed by atoms with Crippen molar-refractivity contribution in [3.05, 3.63) is 60.4 Å². The summed E-state index contributed by atoms with van der Waals surface area (Å²) in [5, 5.41) is 0. The minimum Gasteiger partial charge on any atom is -0.327 e. The third-order valence-corrected chi connectivity index (χ3v) is 5.49. The molecule has 0 amide bonds. The normalized spacial score (nSPS) is 12.7. The highest BCUT2D eigenvalue weighted by Gasteiger charge is 2.16. The molecule has 0 aliphatic rings. The van der Waals surface area contributed by atoms with Gasteiger partial charge in [0.15, 0.2) is 0 Å². The van der Waals surface area contributed by atoms with Crippen molar-refractivity contribution in [2.45, 2.75) is 11.4 Å². The quantitative estimate of drug-likeness (QED) is 0.675. The minimum absolute atomic E-state index is 0.0521. The number of benzene rings is 2. The van der Waals surface area contributed by atoms with Gasteiger partial charge in [0.05, 0.1) is 28.8 Å². The number of nitrogens with zero attached hydrogens (tertiary/aromatic N) is 2. The molecule has 0 saturated carbocycles. The molecule has 27 heavy (non-hydrogen) atoms. The Hall–Kier alpha value is -2.62. The highest BCUT2D eigenvalue weighted by molar-refractivity contribution is 7.89. The summed E-state index contributed by atoms with van der Waals surface area (Å²) in [6.07, 6.45) is 2.64. The maximum Gasteiger partial charge on any atom is 0.240 e. The SMILES string of the molecule is CNS(=O)(=O)c1cccc(-c2cc(F)cc3c2ncn3CC(F)=CCN)c1. The van der Waals surface area contributed by atoms with Crippen LogP contribution in [0.3, 0.4) is 0 Å². The van der Waals surface area contributed by atoms with E-state index in [4.69, 9.17) is 5.73 Å². The number of hydrogen-bond acceptors (Lipinski definition) is 4. The maximum absolute atomic E-state index is 14.2. The zero-order valence-electron chi connectivity index (χ0n) is 14.5. The average molecular weight is 392 g/mol. The van der Waals surface area contributed by atoms with Crippen LogP contribution in [0.15, 0.2) is 59.5 Å². The molecular formula is C18H18F2N4O2S. The predicted molar refractivity (Wildman–Crippen MR) is 99.6 cm³/mol. The summed E-state index contributed by atoms with van der Waals surface area (Å²) in [7, 11) is -2.33. The maximum atomic E-state index is 14.2. The highest BCUT2D eigenvalue weighted by Crippen LogP contribution is 2.30. The number of allylic oxidation sites excluding steroid dienone is 1. The number of nitrogens with one attached hydrogen (secondary N) is 1. The smallest absolute Gasteiger partial charge is 0.240 e. The monoisotopic (exact) mass is 392 g/mol. The summed E-state index contributed by atoms with van der Waals surface area (Å²) in [5.41, 5.74) is 7.04. The molecule has 0 aliphatic carbocycles. The second kappa shape index (κ2) is 7.55. The summed E-state index contributed by atoms with van der Waals surface area (Å²) in [4.78, 5) is 4.32. The number of hydrogen-bond donors (Lipinski definition) is 2. The van der Waals surface area contributed by atoms with Crippen molar-refractivity contribution in [3.8, 4) is 11.1 Å². The van der Waals surface area contributed by atoms with Gasteiger partial charge >= 0.3 is 0 Å². The molecule has 0 saturated heterocycles. The van der Waals surface area contributed by atoms with Crippen molar-refractivity contribution in [2.75, 3.05) is 13.6 Å². The molecule has 0 fully saturated rings. The Morgan fingerprint density at radius 2 is 2.11 bits per heavy atom. The van der Waals surface area contributed by atoms with Crippen LogP contribution in [0, 0.1) is 5.82 Å². The number of imidazole rings is 1. The highest BCUT2D eigenvalue weighted by atomic mass is 32.2. The molecular weight excluding hydrogens is 374 g/mol. The molecule has 9 heteroatoms. The molecule has 0 bridgehead atoms. The molecule has 0 aliphatic heterocycles. The van der Waals surface area contributed by atoms with Crippen LogP contribution in [0.1, 0.15) is 0 Å². The van der Waals surface area contributed by atoms with Crippen molar-refractivity contribution in [2.24, 2.45) is 5.73 Å². The molecule has 6 nitrogen and oxygen atoms in total. The van der Waals surface area contributed by atoms with E-state index in [2.05, 4.69) is 9.71 Å². The Labute approximate surface area is 155 Å². The van der Waals surface area contributed by atoms with E-state index in [9.17, 15) is 17.2 Å². The number of aromatic nitrogens is 2. The number of nitrogens with two attached hydrogens (primary N) is 1. The van der Waals surface area contributed by atoms with E-state index < -0.39 is 21.7 Å². The summed E-state index contributed by atoms with van der Waals surface area (Å²) in [6.45, 7) is -0.0599. The van der Waals surface area contributed by atoms with Gasteiger partial charge in [0.2, 0.25) is 10.0 Å². The number of rotatable bonds is 6. The van der Waals surface area contributed by atoms with Gasteiger partial charge in [-0.3, -0.25) is 0 Å². The van der Waals surface area contributed by atoms with E-state index >= 15 is 0 Å². The second-order valence-corrected chi connectivity index (χ2v) is 7.70. The molecule has 2 aromatic carbocycles. The van der Waals surface area contributed by atoms with E-state index in [0.29, 0.717) is 22.2 Å². The lowest BCUT2D eigenvalue weighted by Crippen LogP contribution is -2.18. The zero-order chi connectivity index (χ0) is 19.6. The van der Waals surface area contributed by atoms with Crippen LogP contribution in [0.2, 0.25) is 0 Å². The molecule has 3 rings (SSSR count). The van der Waals surface area contributed by atoms with Crippen LogP contribution in [-0.4, -0.2) is 31.6 Å². The van der Waals surface area contributed by atoms with Gasteiger partial charge in [0.25, 0.3) is 0 Å². The van der Waals surface area contributed by atoms with E-state index in [1.807, 2.05) is 0 Å². The lowest BCUT2D eigenvalue weighted by atomic mass is 10.0. The Kier molecular flexibility index (Phi) is 5.36. The molecule has 1 aromatic heterocycles. The second-order valence-electron chi connectivity index (χ2n) is 5.82. The third kappa shape index (κ3) is 3.90. The van der Waals surface area contributed by atoms with E-state index in [-0.39, 0.29) is 18.0 Å². The Morgan fingerprint density at radius 1 is 1.33 bits per heavy atom. The summed E-state index contributed by atoms with van der Waals surface area (Å²) >= 11 is 0. The van der Waals surface area contributed by atoms with Crippen molar-refractivity contribution >= 4 is 21.1 Å². The fraction of sp³-hybridized carbons (Fsp3) is 0.167. The zero-order valence-corrected chi connectivity index (χ0v) is 15.3. The van der Waals surface area contributed by atoms with Gasteiger partial charge in [-0.05, 0) is 43.0 Å². The van der Waals surface area contributed by atoms with Gasteiger partial charge < -0.3 is 10.3 Å². The summed E-state index contributed by atoms with van der Waals surface area (Å²) in [6, 6.07) is 8.64. The predicted octanol–water partition coefficient (Wildman–Crippen LogP) is 2.56. The van der Waals surface area contributed by atoms with Gasteiger partial charge in [-0.15, -0.1) is 0 Å². The van der Waals surface area contributed by atoms with Crippen molar-refractivity contribution in [1.82, 2.24) is 14.3 Å². The first-order valence-corrected chi connectivity index (χ1v) is 9.57. The largest absolute Gasteiger partial charge is 0.327 e. The van der Waals surface area contributed by atoms with E-state index in [0.717, 1.165) is 0 Å². The Morgan fingerprint density at radius 3 is 2.81 bits per heavy atom. The first-order chi connectivity index (χ1) is 12.9. The molecule has 3 aromatic rings. The summed E-state index contributed by atoms with van der Waals surface area (Å²) < 4.78 is 55.8. The average Bonchev–Trinajstić information content (AvgIpc) is 3.04. The lowest BCUT2D eigenvalue weighted by Gasteiger charge is -2.08. The van der Waals surface area contributed by atoms with Crippen LogP contribution in [0.4, 0.5) is 8.78 Å². The topological polar surface area (TPSA) is 90.0 Å². The van der Waals surface area contributed by atoms with Gasteiger partial charge in [0, 0.05) is 12.1 Å². The number of halogens is 2. The van der Waals surface area contributed by atoms with Crippen LogP contribution in [0.5, 0.6) is 0 Å². The Bertz CT molecular complexity index is 1120. The van der Waals surface area contributed by atoms with Crippen LogP contribution < -0.4 is 10.5 Å². The molecule has 1 heterocycles. The fourth-order valence-electron chi connectivity index (χ4n) is 2.78. The van der Waals surface area contributed by atoms with Crippen molar-refractivity contribution in [3.63, 3.8) is 0 Å². The van der Waals surface area contributed by atoms with E-state index in [1.54, 1.807) is 12.1 Å².